The van der Waals surface area contributed by atoms with E-state index in [0.717, 1.165) is 0 Å². The number of hydrogen-bond donors (Lipinski definition) is 2. The first-order valence-corrected chi connectivity index (χ1v) is 11.0. The Morgan fingerprint density at radius 2 is 1.85 bits per heavy atom. The largest absolute Gasteiger partial charge is 0.490 e. The van der Waals surface area contributed by atoms with Crippen LogP contribution in [0.3, 0.4) is 0 Å². The Bertz CT molecular complexity index is 1240. The van der Waals surface area contributed by atoms with Crippen LogP contribution in [0.5, 0.6) is 5.75 Å². The fourth-order valence-corrected chi connectivity index (χ4v) is 4.16. The number of hydrogen-bond acceptors (Lipinski definition) is 9. The average molecular weight is 467 g/mol. The molecule has 0 radical (unpaired) electrons. The topological polar surface area (TPSA) is 131 Å². The number of nitrogens with zero attached hydrogens (tertiary/aromatic N) is 3. The molecule has 0 fully saturated rings. The Kier molecular flexibility index (Phi) is 7.01. The summed E-state index contributed by atoms with van der Waals surface area (Å²) < 4.78 is 12.7. The van der Waals surface area contributed by atoms with E-state index in [1.54, 1.807) is 31.3 Å². The minimum absolute atomic E-state index is 0.0251. The lowest BCUT2D eigenvalue weighted by Gasteiger charge is -2.20. The highest BCUT2D eigenvalue weighted by Crippen LogP contribution is 2.37. The molecule has 0 saturated carbocycles. The summed E-state index contributed by atoms with van der Waals surface area (Å²) in [6.45, 7) is 2.95. The Labute approximate surface area is 195 Å². The zero-order valence-corrected chi connectivity index (χ0v) is 18.7. The first-order chi connectivity index (χ1) is 16.5. The summed E-state index contributed by atoms with van der Waals surface area (Å²) in [7, 11) is 0. The van der Waals surface area contributed by atoms with E-state index < -0.39 is 17.5 Å². The molecule has 0 atom stereocenters. The second-order valence-corrected chi connectivity index (χ2v) is 7.61. The standard InChI is InChI=1S/C24H25N3O7/c1-2-33-24(32)18-17-21(23(31)19-15(22(17)30)5-3-7-25-19)27-8-4-6-16(20(18)27)34-14-11-26(9-12-28)10-13-29/h3-8,28-29H,2,9-14H2,1H3. The van der Waals surface area contributed by atoms with Crippen LogP contribution in [-0.4, -0.2) is 88.1 Å². The number of rotatable bonds is 10. The van der Waals surface area contributed by atoms with Crippen molar-refractivity contribution in [1.29, 1.82) is 0 Å². The van der Waals surface area contributed by atoms with Crippen molar-refractivity contribution in [2.24, 2.45) is 0 Å². The van der Waals surface area contributed by atoms with Crippen LogP contribution in [0.1, 0.15) is 49.4 Å². The van der Waals surface area contributed by atoms with E-state index in [9.17, 15) is 24.6 Å². The maximum absolute atomic E-state index is 13.4. The maximum Gasteiger partial charge on any atom is 0.341 e. The van der Waals surface area contributed by atoms with Gasteiger partial charge in [0.15, 0.2) is 5.78 Å². The van der Waals surface area contributed by atoms with E-state index in [0.29, 0.717) is 25.4 Å². The third-order valence-electron chi connectivity index (χ3n) is 5.61. The quantitative estimate of drug-likeness (QED) is 0.327. The number of aliphatic hydroxyl groups excluding tert-OH is 2. The summed E-state index contributed by atoms with van der Waals surface area (Å²) in [5.74, 6) is -1.38. The van der Waals surface area contributed by atoms with Crippen molar-refractivity contribution in [2.75, 3.05) is 46.1 Å². The molecule has 0 bridgehead atoms. The summed E-state index contributed by atoms with van der Waals surface area (Å²) in [6.07, 6.45) is 3.03. The zero-order chi connectivity index (χ0) is 24.2. The first kappa shape index (κ1) is 23.6. The van der Waals surface area contributed by atoms with Gasteiger partial charge in [-0.15, -0.1) is 0 Å². The third kappa shape index (κ3) is 4.07. The number of esters is 1. The number of ether oxygens (including phenoxy) is 2. The van der Waals surface area contributed by atoms with Gasteiger partial charge in [-0.1, -0.05) is 0 Å². The van der Waals surface area contributed by atoms with Gasteiger partial charge in [0.25, 0.3) is 0 Å². The van der Waals surface area contributed by atoms with Gasteiger partial charge in [0.2, 0.25) is 5.78 Å². The lowest BCUT2D eigenvalue weighted by Crippen LogP contribution is -2.33. The number of aromatic nitrogens is 2. The van der Waals surface area contributed by atoms with Crippen molar-refractivity contribution in [1.82, 2.24) is 14.3 Å². The SMILES string of the molecule is CCOC(=O)c1c2c(n3cccc(OCCN(CCO)CCO)c13)C(=O)c1ncccc1C2=O. The molecule has 178 valence electrons. The van der Waals surface area contributed by atoms with Crippen LogP contribution in [0.4, 0.5) is 0 Å². The lowest BCUT2D eigenvalue weighted by atomic mass is 9.89. The second-order valence-electron chi connectivity index (χ2n) is 7.61. The number of fused-ring (bicyclic) bond motifs is 4. The predicted molar refractivity (Wildman–Crippen MR) is 121 cm³/mol. The van der Waals surface area contributed by atoms with Crippen LogP contribution in [0.15, 0.2) is 36.7 Å². The van der Waals surface area contributed by atoms with Crippen molar-refractivity contribution < 1.29 is 34.1 Å². The molecule has 2 N–H and O–H groups in total. The van der Waals surface area contributed by atoms with Gasteiger partial charge < -0.3 is 24.1 Å². The summed E-state index contributed by atoms with van der Waals surface area (Å²) in [5, 5.41) is 18.4. The molecule has 3 heterocycles. The summed E-state index contributed by atoms with van der Waals surface area (Å²) in [5.41, 5.74) is 0.417. The van der Waals surface area contributed by atoms with Crippen molar-refractivity contribution in [3.63, 3.8) is 0 Å². The fourth-order valence-electron chi connectivity index (χ4n) is 4.16. The van der Waals surface area contributed by atoms with Gasteiger partial charge in [-0.05, 0) is 31.2 Å². The van der Waals surface area contributed by atoms with Gasteiger partial charge >= 0.3 is 5.97 Å². The van der Waals surface area contributed by atoms with Gasteiger partial charge in [-0.25, -0.2) is 4.79 Å². The fraction of sp³-hybridized carbons (Fsp3) is 0.333. The molecule has 1 aliphatic carbocycles. The Balaban J connectivity index is 1.82. The highest BCUT2D eigenvalue weighted by atomic mass is 16.5. The molecule has 4 rings (SSSR count). The summed E-state index contributed by atoms with van der Waals surface area (Å²) in [6, 6.07) is 6.37. The Morgan fingerprint density at radius 3 is 2.56 bits per heavy atom. The van der Waals surface area contributed by atoms with E-state index in [1.165, 1.54) is 16.7 Å². The number of ketones is 2. The van der Waals surface area contributed by atoms with E-state index in [4.69, 9.17) is 9.47 Å². The molecule has 0 amide bonds. The molecule has 0 spiro atoms. The van der Waals surface area contributed by atoms with Crippen LogP contribution in [0, 0.1) is 0 Å². The Morgan fingerprint density at radius 1 is 1.09 bits per heavy atom. The van der Waals surface area contributed by atoms with E-state index in [-0.39, 0.29) is 60.0 Å². The number of carbonyl (C=O) groups excluding carboxylic acids is 3. The van der Waals surface area contributed by atoms with E-state index >= 15 is 0 Å². The summed E-state index contributed by atoms with van der Waals surface area (Å²) in [4.78, 5) is 45.7. The highest BCUT2D eigenvalue weighted by Gasteiger charge is 2.40. The van der Waals surface area contributed by atoms with Gasteiger partial charge in [0.05, 0.1) is 30.9 Å². The van der Waals surface area contributed by atoms with Gasteiger partial charge in [0, 0.05) is 32.0 Å². The van der Waals surface area contributed by atoms with Gasteiger partial charge in [-0.2, -0.15) is 0 Å². The molecule has 1 aliphatic rings. The van der Waals surface area contributed by atoms with Gasteiger partial charge in [-0.3, -0.25) is 19.5 Å². The van der Waals surface area contributed by atoms with Crippen LogP contribution in [-0.2, 0) is 4.74 Å². The minimum Gasteiger partial charge on any atom is -0.490 e. The lowest BCUT2D eigenvalue weighted by molar-refractivity contribution is 0.0525. The molecule has 0 saturated heterocycles. The number of aliphatic hydroxyl groups is 2. The highest BCUT2D eigenvalue weighted by molar-refractivity contribution is 6.31. The Hall–Kier alpha value is -3.60. The molecule has 3 aromatic heterocycles. The monoisotopic (exact) mass is 467 g/mol. The normalized spacial score (nSPS) is 12.7. The molecule has 0 unspecified atom stereocenters. The van der Waals surface area contributed by atoms with Crippen LogP contribution < -0.4 is 4.74 Å². The van der Waals surface area contributed by atoms with Crippen molar-refractivity contribution in [3.05, 3.63) is 64.7 Å². The minimum atomic E-state index is -0.729. The molecule has 34 heavy (non-hydrogen) atoms. The maximum atomic E-state index is 13.4. The van der Waals surface area contributed by atoms with E-state index in [2.05, 4.69) is 4.98 Å². The van der Waals surface area contributed by atoms with Gasteiger partial charge in [0.1, 0.15) is 34.8 Å². The van der Waals surface area contributed by atoms with Crippen LogP contribution in [0.2, 0.25) is 0 Å². The zero-order valence-electron chi connectivity index (χ0n) is 18.7. The molecular weight excluding hydrogens is 442 g/mol. The van der Waals surface area contributed by atoms with Crippen LogP contribution >= 0.6 is 0 Å². The summed E-state index contributed by atoms with van der Waals surface area (Å²) >= 11 is 0. The smallest absolute Gasteiger partial charge is 0.341 e. The average Bonchev–Trinajstić information content (AvgIpc) is 3.20. The van der Waals surface area contributed by atoms with Crippen molar-refractivity contribution >= 4 is 23.1 Å². The predicted octanol–water partition coefficient (Wildman–Crippen LogP) is 0.952. The third-order valence-corrected chi connectivity index (χ3v) is 5.61. The van der Waals surface area contributed by atoms with Crippen LogP contribution in [0.25, 0.3) is 5.52 Å². The first-order valence-electron chi connectivity index (χ1n) is 11.0. The molecular formula is C24H25N3O7. The molecule has 10 heteroatoms. The van der Waals surface area contributed by atoms with E-state index in [1.807, 2.05) is 4.90 Å². The van der Waals surface area contributed by atoms with Crippen molar-refractivity contribution in [2.45, 2.75) is 6.92 Å². The number of pyridine rings is 2. The molecule has 0 aromatic carbocycles. The molecule has 10 nitrogen and oxygen atoms in total. The number of carbonyl (C=O) groups is 3. The second kappa shape index (κ2) is 10.1. The molecule has 0 aliphatic heterocycles. The molecule has 3 aromatic rings. The van der Waals surface area contributed by atoms with Crippen molar-refractivity contribution in [3.8, 4) is 5.75 Å².